The Kier molecular flexibility index (Phi) is 6.28. The van der Waals surface area contributed by atoms with Crippen LogP contribution in [0.5, 0.6) is 0 Å². The van der Waals surface area contributed by atoms with Crippen LogP contribution in [0, 0.1) is 5.92 Å². The SMILES string of the molecule is CCNC1CCN(CC(O)CO)CC1CC. The van der Waals surface area contributed by atoms with Crippen LogP contribution in [0.15, 0.2) is 0 Å². The Morgan fingerprint density at radius 1 is 1.44 bits per heavy atom. The maximum absolute atomic E-state index is 9.43. The molecule has 4 nitrogen and oxygen atoms in total. The van der Waals surface area contributed by atoms with Crippen molar-refractivity contribution in [2.75, 3.05) is 32.8 Å². The van der Waals surface area contributed by atoms with Gasteiger partial charge >= 0.3 is 0 Å². The van der Waals surface area contributed by atoms with Crippen LogP contribution in [-0.4, -0.2) is 60.0 Å². The van der Waals surface area contributed by atoms with Gasteiger partial charge in [0.1, 0.15) is 0 Å². The van der Waals surface area contributed by atoms with Crippen LogP contribution in [0.4, 0.5) is 0 Å². The number of hydrogen-bond acceptors (Lipinski definition) is 4. The number of hydrogen-bond donors (Lipinski definition) is 3. The summed E-state index contributed by atoms with van der Waals surface area (Å²) in [5.74, 6) is 0.666. The highest BCUT2D eigenvalue weighted by Gasteiger charge is 2.27. The third-order valence-electron chi connectivity index (χ3n) is 3.49. The summed E-state index contributed by atoms with van der Waals surface area (Å²) in [7, 11) is 0. The fourth-order valence-electron chi connectivity index (χ4n) is 2.57. The molecular weight excluding hydrogens is 204 g/mol. The molecule has 0 spiro atoms. The normalized spacial score (nSPS) is 29.2. The minimum absolute atomic E-state index is 0.135. The first-order chi connectivity index (χ1) is 7.71. The molecule has 3 unspecified atom stereocenters. The molecule has 1 fully saturated rings. The first-order valence-corrected chi connectivity index (χ1v) is 6.45. The van der Waals surface area contributed by atoms with Gasteiger partial charge in [-0.3, -0.25) is 0 Å². The van der Waals surface area contributed by atoms with Gasteiger partial charge in [-0.1, -0.05) is 20.3 Å². The minimum atomic E-state index is -0.590. The maximum Gasteiger partial charge on any atom is 0.0897 e. The molecule has 4 heteroatoms. The summed E-state index contributed by atoms with van der Waals surface area (Å²) in [4.78, 5) is 2.27. The third kappa shape index (κ3) is 4.01. The monoisotopic (exact) mass is 230 g/mol. The largest absolute Gasteiger partial charge is 0.394 e. The lowest BCUT2D eigenvalue weighted by Crippen LogP contribution is -2.51. The minimum Gasteiger partial charge on any atom is -0.394 e. The van der Waals surface area contributed by atoms with Crippen molar-refractivity contribution in [3.05, 3.63) is 0 Å². The summed E-state index contributed by atoms with van der Waals surface area (Å²) in [6.45, 7) is 7.92. The molecule has 3 atom stereocenters. The first-order valence-electron chi connectivity index (χ1n) is 6.45. The number of rotatable bonds is 6. The standard InChI is InChI=1S/C12H26N2O2/c1-3-10-7-14(8-11(16)9-15)6-5-12(10)13-4-2/h10-13,15-16H,3-9H2,1-2H3. The Morgan fingerprint density at radius 3 is 2.75 bits per heavy atom. The fourth-order valence-corrected chi connectivity index (χ4v) is 2.57. The second kappa shape index (κ2) is 7.22. The predicted molar refractivity (Wildman–Crippen MR) is 65.4 cm³/mol. The highest BCUT2D eigenvalue weighted by molar-refractivity contribution is 4.84. The van der Waals surface area contributed by atoms with Crippen LogP contribution in [0.25, 0.3) is 0 Å². The van der Waals surface area contributed by atoms with Crippen LogP contribution in [0.3, 0.4) is 0 Å². The summed E-state index contributed by atoms with van der Waals surface area (Å²) >= 11 is 0. The van der Waals surface area contributed by atoms with Crippen molar-refractivity contribution in [2.45, 2.75) is 38.8 Å². The molecule has 0 radical (unpaired) electrons. The molecule has 0 aliphatic carbocycles. The molecule has 96 valence electrons. The van der Waals surface area contributed by atoms with Gasteiger partial charge in [-0.15, -0.1) is 0 Å². The number of aliphatic hydroxyl groups excluding tert-OH is 2. The van der Waals surface area contributed by atoms with E-state index in [4.69, 9.17) is 5.11 Å². The first kappa shape index (κ1) is 13.9. The van der Waals surface area contributed by atoms with E-state index in [9.17, 15) is 5.11 Å². The van der Waals surface area contributed by atoms with E-state index in [0.717, 1.165) is 26.1 Å². The summed E-state index contributed by atoms with van der Waals surface area (Å²) in [6.07, 6.45) is 1.72. The molecule has 1 heterocycles. The number of aliphatic hydroxyl groups is 2. The molecule has 1 rings (SSSR count). The van der Waals surface area contributed by atoms with Gasteiger partial charge in [0.15, 0.2) is 0 Å². The lowest BCUT2D eigenvalue weighted by atomic mass is 9.89. The molecule has 0 aromatic carbocycles. The van der Waals surface area contributed by atoms with E-state index >= 15 is 0 Å². The zero-order valence-corrected chi connectivity index (χ0v) is 10.5. The van der Waals surface area contributed by atoms with Crippen molar-refractivity contribution in [3.63, 3.8) is 0 Å². The van der Waals surface area contributed by atoms with Gasteiger partial charge < -0.3 is 20.4 Å². The molecule has 1 aliphatic heterocycles. The summed E-state index contributed by atoms with van der Waals surface area (Å²) in [6, 6.07) is 0.623. The van der Waals surface area contributed by atoms with Crippen LogP contribution in [0.1, 0.15) is 26.7 Å². The lowest BCUT2D eigenvalue weighted by Gasteiger charge is -2.39. The second-order valence-corrected chi connectivity index (χ2v) is 4.72. The van der Waals surface area contributed by atoms with E-state index in [1.807, 2.05) is 0 Å². The molecule has 1 saturated heterocycles. The van der Waals surface area contributed by atoms with E-state index in [2.05, 4.69) is 24.1 Å². The van der Waals surface area contributed by atoms with Gasteiger partial charge in [0.25, 0.3) is 0 Å². The zero-order valence-electron chi connectivity index (χ0n) is 10.5. The van der Waals surface area contributed by atoms with Gasteiger partial charge in [0.05, 0.1) is 12.7 Å². The average molecular weight is 230 g/mol. The van der Waals surface area contributed by atoms with Gasteiger partial charge in [0.2, 0.25) is 0 Å². The van der Waals surface area contributed by atoms with Gasteiger partial charge in [-0.25, -0.2) is 0 Å². The molecule has 1 aliphatic rings. The van der Waals surface area contributed by atoms with Crippen LogP contribution < -0.4 is 5.32 Å². The predicted octanol–water partition coefficient (Wildman–Crippen LogP) is 0.0496. The molecule has 0 saturated carbocycles. The van der Waals surface area contributed by atoms with E-state index in [0.29, 0.717) is 18.5 Å². The highest BCUT2D eigenvalue weighted by Crippen LogP contribution is 2.20. The molecule has 0 aromatic rings. The van der Waals surface area contributed by atoms with Gasteiger partial charge in [-0.05, 0) is 25.4 Å². The fraction of sp³-hybridized carbons (Fsp3) is 1.00. The Morgan fingerprint density at radius 2 is 2.19 bits per heavy atom. The number of piperidine rings is 1. The van der Waals surface area contributed by atoms with E-state index < -0.39 is 6.10 Å². The zero-order chi connectivity index (χ0) is 12.0. The summed E-state index contributed by atoms with van der Waals surface area (Å²) in [5, 5.41) is 21.8. The van der Waals surface area contributed by atoms with E-state index in [1.165, 1.54) is 6.42 Å². The number of β-amino-alcohol motifs (C(OH)–C–C–N with tert-alkyl or cyclic N) is 1. The molecule has 0 amide bonds. The Bertz CT molecular complexity index is 190. The van der Waals surface area contributed by atoms with Crippen molar-refractivity contribution >= 4 is 0 Å². The van der Waals surface area contributed by atoms with Crippen LogP contribution in [-0.2, 0) is 0 Å². The van der Waals surface area contributed by atoms with Crippen molar-refractivity contribution in [1.82, 2.24) is 10.2 Å². The molecular formula is C12H26N2O2. The molecule has 0 bridgehead atoms. The van der Waals surface area contributed by atoms with Crippen LogP contribution in [0.2, 0.25) is 0 Å². The quantitative estimate of drug-likeness (QED) is 0.603. The number of nitrogens with zero attached hydrogens (tertiary/aromatic N) is 1. The molecule has 16 heavy (non-hydrogen) atoms. The third-order valence-corrected chi connectivity index (χ3v) is 3.49. The number of likely N-dealkylation sites (tertiary alicyclic amines) is 1. The van der Waals surface area contributed by atoms with Crippen molar-refractivity contribution < 1.29 is 10.2 Å². The Hall–Kier alpha value is -0.160. The summed E-state index contributed by atoms with van der Waals surface area (Å²) < 4.78 is 0. The Balaban J connectivity index is 2.39. The maximum atomic E-state index is 9.43. The van der Waals surface area contributed by atoms with E-state index in [-0.39, 0.29) is 6.61 Å². The average Bonchev–Trinajstić information content (AvgIpc) is 2.31. The smallest absolute Gasteiger partial charge is 0.0897 e. The highest BCUT2D eigenvalue weighted by atomic mass is 16.3. The molecule has 0 aromatic heterocycles. The van der Waals surface area contributed by atoms with E-state index in [1.54, 1.807) is 0 Å². The Labute approximate surface area is 98.6 Å². The molecule has 3 N–H and O–H groups in total. The second-order valence-electron chi connectivity index (χ2n) is 4.72. The van der Waals surface area contributed by atoms with Crippen LogP contribution >= 0.6 is 0 Å². The van der Waals surface area contributed by atoms with Gasteiger partial charge in [0, 0.05) is 19.1 Å². The number of nitrogens with one attached hydrogen (secondary N) is 1. The van der Waals surface area contributed by atoms with Crippen molar-refractivity contribution in [1.29, 1.82) is 0 Å². The lowest BCUT2D eigenvalue weighted by molar-refractivity contribution is 0.0374. The van der Waals surface area contributed by atoms with Crippen molar-refractivity contribution in [2.24, 2.45) is 5.92 Å². The summed E-state index contributed by atoms with van der Waals surface area (Å²) in [5.41, 5.74) is 0. The topological polar surface area (TPSA) is 55.7 Å². The van der Waals surface area contributed by atoms with Crippen molar-refractivity contribution in [3.8, 4) is 0 Å². The van der Waals surface area contributed by atoms with Gasteiger partial charge in [-0.2, -0.15) is 0 Å².